The van der Waals surface area contributed by atoms with Gasteiger partial charge in [0.05, 0.1) is 12.2 Å². The molecule has 3 nitrogen and oxygen atoms in total. The summed E-state index contributed by atoms with van der Waals surface area (Å²) in [4.78, 5) is 0. The minimum atomic E-state index is -0.128. The quantitative estimate of drug-likeness (QED) is 0.719. The standard InChI is InChI=1S/C10H21NO2/c1-5-10(8-12-4)7-11-6-9(2,3)13-10/h11H,5-8H2,1-4H3. The molecule has 1 unspecified atom stereocenters. The van der Waals surface area contributed by atoms with Gasteiger partial charge in [-0.05, 0) is 20.3 Å². The van der Waals surface area contributed by atoms with Crippen molar-refractivity contribution in [1.82, 2.24) is 5.32 Å². The van der Waals surface area contributed by atoms with E-state index in [0.717, 1.165) is 19.5 Å². The Morgan fingerprint density at radius 1 is 1.38 bits per heavy atom. The molecule has 0 amide bonds. The second kappa shape index (κ2) is 3.95. The van der Waals surface area contributed by atoms with E-state index >= 15 is 0 Å². The Labute approximate surface area is 80.8 Å². The molecule has 1 atom stereocenters. The van der Waals surface area contributed by atoms with Gasteiger partial charge in [-0.3, -0.25) is 0 Å². The Morgan fingerprint density at radius 3 is 2.54 bits per heavy atom. The summed E-state index contributed by atoms with van der Waals surface area (Å²) >= 11 is 0. The number of hydrogen-bond acceptors (Lipinski definition) is 3. The van der Waals surface area contributed by atoms with Crippen LogP contribution in [0.2, 0.25) is 0 Å². The van der Waals surface area contributed by atoms with Crippen LogP contribution in [0.1, 0.15) is 27.2 Å². The molecule has 13 heavy (non-hydrogen) atoms. The molecule has 1 rings (SSSR count). The van der Waals surface area contributed by atoms with Crippen molar-refractivity contribution < 1.29 is 9.47 Å². The van der Waals surface area contributed by atoms with Gasteiger partial charge in [-0.2, -0.15) is 0 Å². The predicted octanol–water partition coefficient (Wildman–Crippen LogP) is 1.18. The van der Waals surface area contributed by atoms with Crippen molar-refractivity contribution in [2.45, 2.75) is 38.4 Å². The van der Waals surface area contributed by atoms with Gasteiger partial charge in [-0.1, -0.05) is 6.92 Å². The Kier molecular flexibility index (Phi) is 3.33. The summed E-state index contributed by atoms with van der Waals surface area (Å²) in [5, 5.41) is 3.40. The van der Waals surface area contributed by atoms with E-state index in [-0.39, 0.29) is 11.2 Å². The molecular formula is C10H21NO2. The highest BCUT2D eigenvalue weighted by atomic mass is 16.6. The average Bonchev–Trinajstić information content (AvgIpc) is 2.03. The molecule has 0 aromatic rings. The first-order valence-corrected chi connectivity index (χ1v) is 4.93. The van der Waals surface area contributed by atoms with Crippen LogP contribution in [0, 0.1) is 0 Å². The number of hydrogen-bond donors (Lipinski definition) is 1. The maximum Gasteiger partial charge on any atom is 0.104 e. The van der Waals surface area contributed by atoms with Crippen LogP contribution in [0.3, 0.4) is 0 Å². The zero-order valence-electron chi connectivity index (χ0n) is 9.14. The third-order valence-corrected chi connectivity index (χ3v) is 2.54. The molecule has 0 radical (unpaired) electrons. The summed E-state index contributed by atoms with van der Waals surface area (Å²) in [6.45, 7) is 8.83. The molecule has 1 fully saturated rings. The van der Waals surface area contributed by atoms with Crippen LogP contribution in [0.25, 0.3) is 0 Å². The lowest BCUT2D eigenvalue weighted by molar-refractivity contribution is -0.184. The lowest BCUT2D eigenvalue weighted by atomic mass is 9.95. The van der Waals surface area contributed by atoms with E-state index in [1.807, 2.05) is 0 Å². The molecule has 1 heterocycles. The van der Waals surface area contributed by atoms with Crippen molar-refractivity contribution in [2.75, 3.05) is 26.8 Å². The Bertz CT molecular complexity index is 166. The first-order chi connectivity index (χ1) is 6.04. The molecule has 1 N–H and O–H groups in total. The summed E-state index contributed by atoms with van der Waals surface area (Å²) < 4.78 is 11.3. The van der Waals surface area contributed by atoms with E-state index in [0.29, 0.717) is 6.61 Å². The summed E-state index contributed by atoms with van der Waals surface area (Å²) in [6, 6.07) is 0. The maximum absolute atomic E-state index is 6.06. The van der Waals surface area contributed by atoms with Crippen LogP contribution in [0.5, 0.6) is 0 Å². The van der Waals surface area contributed by atoms with Crippen LogP contribution in [-0.4, -0.2) is 38.0 Å². The van der Waals surface area contributed by atoms with Gasteiger partial charge in [0, 0.05) is 20.2 Å². The molecule has 0 aromatic carbocycles. The van der Waals surface area contributed by atoms with E-state index in [4.69, 9.17) is 9.47 Å². The first kappa shape index (κ1) is 11.0. The van der Waals surface area contributed by atoms with E-state index in [2.05, 4.69) is 26.1 Å². The van der Waals surface area contributed by atoms with E-state index < -0.39 is 0 Å². The third kappa shape index (κ3) is 2.66. The van der Waals surface area contributed by atoms with Gasteiger partial charge >= 0.3 is 0 Å². The third-order valence-electron chi connectivity index (χ3n) is 2.54. The van der Waals surface area contributed by atoms with Crippen molar-refractivity contribution in [2.24, 2.45) is 0 Å². The normalized spacial score (nSPS) is 33.2. The average molecular weight is 187 g/mol. The van der Waals surface area contributed by atoms with Crippen molar-refractivity contribution in [1.29, 1.82) is 0 Å². The highest BCUT2D eigenvalue weighted by Crippen LogP contribution is 2.26. The smallest absolute Gasteiger partial charge is 0.104 e. The summed E-state index contributed by atoms with van der Waals surface area (Å²) in [5.41, 5.74) is -0.205. The summed E-state index contributed by atoms with van der Waals surface area (Å²) in [7, 11) is 1.72. The van der Waals surface area contributed by atoms with Crippen molar-refractivity contribution in [3.05, 3.63) is 0 Å². The van der Waals surface area contributed by atoms with E-state index in [1.165, 1.54) is 0 Å². The predicted molar refractivity (Wildman–Crippen MR) is 52.9 cm³/mol. The molecule has 3 heteroatoms. The number of morpholine rings is 1. The fraction of sp³-hybridized carbons (Fsp3) is 1.00. The zero-order chi connectivity index (χ0) is 9.95. The largest absolute Gasteiger partial charge is 0.382 e. The molecule has 78 valence electrons. The first-order valence-electron chi connectivity index (χ1n) is 4.93. The minimum absolute atomic E-state index is 0.0766. The number of ether oxygens (including phenoxy) is 2. The summed E-state index contributed by atoms with van der Waals surface area (Å²) in [5.74, 6) is 0. The molecule has 1 saturated heterocycles. The van der Waals surface area contributed by atoms with Crippen molar-refractivity contribution in [3.8, 4) is 0 Å². The van der Waals surface area contributed by atoms with Crippen LogP contribution < -0.4 is 5.32 Å². The van der Waals surface area contributed by atoms with Gasteiger partial charge in [0.25, 0.3) is 0 Å². The minimum Gasteiger partial charge on any atom is -0.382 e. The van der Waals surface area contributed by atoms with Crippen LogP contribution in [-0.2, 0) is 9.47 Å². The van der Waals surface area contributed by atoms with Crippen molar-refractivity contribution in [3.63, 3.8) is 0 Å². The highest BCUT2D eigenvalue weighted by Gasteiger charge is 2.39. The number of rotatable bonds is 3. The summed E-state index contributed by atoms with van der Waals surface area (Å²) in [6.07, 6.45) is 0.983. The number of methoxy groups -OCH3 is 1. The zero-order valence-corrected chi connectivity index (χ0v) is 9.14. The van der Waals surface area contributed by atoms with Gasteiger partial charge in [-0.25, -0.2) is 0 Å². The van der Waals surface area contributed by atoms with Gasteiger partial charge < -0.3 is 14.8 Å². The molecule has 0 saturated carbocycles. The van der Waals surface area contributed by atoms with Crippen LogP contribution in [0.15, 0.2) is 0 Å². The SMILES string of the molecule is CCC1(COC)CNCC(C)(C)O1. The fourth-order valence-corrected chi connectivity index (χ4v) is 1.89. The van der Waals surface area contributed by atoms with Gasteiger partial charge in [0.15, 0.2) is 0 Å². The van der Waals surface area contributed by atoms with Crippen molar-refractivity contribution >= 4 is 0 Å². The number of nitrogens with one attached hydrogen (secondary N) is 1. The Balaban J connectivity index is 2.64. The molecule has 1 aliphatic heterocycles. The molecule has 1 aliphatic rings. The molecule has 0 aromatic heterocycles. The second-order valence-electron chi connectivity index (χ2n) is 4.43. The van der Waals surface area contributed by atoms with Gasteiger partial charge in [0.1, 0.15) is 5.60 Å². The fourth-order valence-electron chi connectivity index (χ4n) is 1.89. The van der Waals surface area contributed by atoms with Gasteiger partial charge in [-0.15, -0.1) is 0 Å². The second-order valence-corrected chi connectivity index (χ2v) is 4.43. The van der Waals surface area contributed by atoms with Crippen LogP contribution >= 0.6 is 0 Å². The van der Waals surface area contributed by atoms with E-state index in [9.17, 15) is 0 Å². The molecule has 0 aliphatic carbocycles. The maximum atomic E-state index is 6.06. The Morgan fingerprint density at radius 2 is 2.08 bits per heavy atom. The monoisotopic (exact) mass is 187 g/mol. The lowest BCUT2D eigenvalue weighted by Crippen LogP contribution is -2.59. The van der Waals surface area contributed by atoms with Crippen LogP contribution in [0.4, 0.5) is 0 Å². The van der Waals surface area contributed by atoms with Gasteiger partial charge in [0.2, 0.25) is 0 Å². The Hall–Kier alpha value is -0.120. The topological polar surface area (TPSA) is 30.5 Å². The molecular weight excluding hydrogens is 166 g/mol. The highest BCUT2D eigenvalue weighted by molar-refractivity contribution is 4.91. The lowest BCUT2D eigenvalue weighted by Gasteiger charge is -2.45. The molecule has 0 bridgehead atoms. The molecule has 0 spiro atoms. The van der Waals surface area contributed by atoms with E-state index in [1.54, 1.807) is 7.11 Å².